The molecule has 1 saturated heterocycles. The molecule has 0 amide bonds. The van der Waals surface area contributed by atoms with Gasteiger partial charge in [0, 0.05) is 19.2 Å². The van der Waals surface area contributed by atoms with Gasteiger partial charge in [-0.25, -0.2) is 0 Å². The largest absolute Gasteiger partial charge is 0.381 e. The highest BCUT2D eigenvalue weighted by Gasteiger charge is 2.14. The summed E-state index contributed by atoms with van der Waals surface area (Å²) in [7, 11) is 0. The number of hydrogen-bond donors (Lipinski definition) is 1. The fourth-order valence-electron chi connectivity index (χ4n) is 1.88. The van der Waals surface area contributed by atoms with Gasteiger partial charge in [-0.1, -0.05) is 13.8 Å². The van der Waals surface area contributed by atoms with Crippen LogP contribution in [0.25, 0.3) is 0 Å². The van der Waals surface area contributed by atoms with E-state index in [0.29, 0.717) is 6.04 Å². The molecule has 13 heavy (non-hydrogen) atoms. The Bertz CT molecular complexity index is 117. The van der Waals surface area contributed by atoms with E-state index in [-0.39, 0.29) is 0 Å². The molecule has 2 heteroatoms. The molecular weight excluding hydrogens is 162 g/mol. The highest BCUT2D eigenvalue weighted by molar-refractivity contribution is 4.69. The summed E-state index contributed by atoms with van der Waals surface area (Å²) in [5, 5.41) is 3.61. The second-order valence-electron chi connectivity index (χ2n) is 4.00. The van der Waals surface area contributed by atoms with Crippen molar-refractivity contribution >= 4 is 0 Å². The van der Waals surface area contributed by atoms with Crippen LogP contribution in [0.1, 0.15) is 39.5 Å². The fourth-order valence-corrected chi connectivity index (χ4v) is 1.88. The standard InChI is InChI=1S/C11H23NO/c1-3-11(4-2)12-8-10-6-5-7-13-9-10/h10-12H,3-9H2,1-2H3. The van der Waals surface area contributed by atoms with Gasteiger partial charge in [-0.2, -0.15) is 0 Å². The summed E-state index contributed by atoms with van der Waals surface area (Å²) in [6, 6.07) is 0.710. The first-order valence-corrected chi connectivity index (χ1v) is 5.68. The molecular formula is C11H23NO. The van der Waals surface area contributed by atoms with Crippen molar-refractivity contribution in [3.8, 4) is 0 Å². The van der Waals surface area contributed by atoms with Gasteiger partial charge in [0.15, 0.2) is 0 Å². The average molecular weight is 185 g/mol. The van der Waals surface area contributed by atoms with Crippen LogP contribution >= 0.6 is 0 Å². The number of ether oxygens (including phenoxy) is 1. The molecule has 0 bridgehead atoms. The van der Waals surface area contributed by atoms with Crippen molar-refractivity contribution in [2.45, 2.75) is 45.6 Å². The lowest BCUT2D eigenvalue weighted by Gasteiger charge is -2.24. The van der Waals surface area contributed by atoms with Crippen LogP contribution in [0.15, 0.2) is 0 Å². The lowest BCUT2D eigenvalue weighted by Crippen LogP contribution is -2.35. The molecule has 0 aromatic heterocycles. The SMILES string of the molecule is CCC(CC)NCC1CCCOC1. The normalized spacial score (nSPS) is 23.8. The molecule has 78 valence electrons. The molecule has 1 aliphatic heterocycles. The number of nitrogens with one attached hydrogen (secondary N) is 1. The van der Waals surface area contributed by atoms with E-state index in [1.807, 2.05) is 0 Å². The summed E-state index contributed by atoms with van der Waals surface area (Å²) in [6.45, 7) is 7.58. The molecule has 0 aromatic rings. The van der Waals surface area contributed by atoms with E-state index in [1.54, 1.807) is 0 Å². The molecule has 1 N–H and O–H groups in total. The summed E-state index contributed by atoms with van der Waals surface area (Å²) < 4.78 is 5.44. The highest BCUT2D eigenvalue weighted by Crippen LogP contribution is 2.12. The van der Waals surface area contributed by atoms with Crippen LogP contribution in [0.5, 0.6) is 0 Å². The molecule has 0 spiro atoms. The minimum absolute atomic E-state index is 0.710. The minimum atomic E-state index is 0.710. The van der Waals surface area contributed by atoms with Gasteiger partial charge in [0.05, 0.1) is 6.61 Å². The quantitative estimate of drug-likeness (QED) is 0.709. The molecule has 0 aromatic carbocycles. The first-order chi connectivity index (χ1) is 6.36. The minimum Gasteiger partial charge on any atom is -0.381 e. The molecule has 1 atom stereocenters. The summed E-state index contributed by atoms with van der Waals surface area (Å²) in [5.41, 5.74) is 0. The Hall–Kier alpha value is -0.0800. The van der Waals surface area contributed by atoms with Gasteiger partial charge < -0.3 is 10.1 Å². The predicted molar refractivity (Wildman–Crippen MR) is 55.9 cm³/mol. The lowest BCUT2D eigenvalue weighted by atomic mass is 10.0. The Morgan fingerprint density at radius 3 is 2.69 bits per heavy atom. The average Bonchev–Trinajstić information content (AvgIpc) is 2.21. The van der Waals surface area contributed by atoms with E-state index in [1.165, 1.54) is 25.7 Å². The van der Waals surface area contributed by atoms with Crippen molar-refractivity contribution in [2.24, 2.45) is 5.92 Å². The molecule has 1 fully saturated rings. The zero-order valence-electron chi connectivity index (χ0n) is 9.01. The van der Waals surface area contributed by atoms with E-state index >= 15 is 0 Å². The Labute approximate surface area is 82.0 Å². The van der Waals surface area contributed by atoms with Gasteiger partial charge in [0.1, 0.15) is 0 Å². The van der Waals surface area contributed by atoms with Gasteiger partial charge in [-0.3, -0.25) is 0 Å². The molecule has 1 aliphatic rings. The van der Waals surface area contributed by atoms with Gasteiger partial charge in [0.2, 0.25) is 0 Å². The van der Waals surface area contributed by atoms with Gasteiger partial charge in [-0.15, -0.1) is 0 Å². The second-order valence-corrected chi connectivity index (χ2v) is 4.00. The maximum absolute atomic E-state index is 5.44. The summed E-state index contributed by atoms with van der Waals surface area (Å²) in [6.07, 6.45) is 5.07. The Morgan fingerprint density at radius 2 is 2.15 bits per heavy atom. The zero-order valence-corrected chi connectivity index (χ0v) is 9.01. The fraction of sp³-hybridized carbons (Fsp3) is 1.00. The van der Waals surface area contributed by atoms with Gasteiger partial charge in [0.25, 0.3) is 0 Å². The maximum atomic E-state index is 5.44. The smallest absolute Gasteiger partial charge is 0.0506 e. The second kappa shape index (κ2) is 6.39. The third kappa shape index (κ3) is 4.10. The van der Waals surface area contributed by atoms with E-state index in [2.05, 4.69) is 19.2 Å². The van der Waals surface area contributed by atoms with Crippen molar-refractivity contribution in [1.82, 2.24) is 5.32 Å². The van der Waals surface area contributed by atoms with E-state index < -0.39 is 0 Å². The van der Waals surface area contributed by atoms with Crippen molar-refractivity contribution in [2.75, 3.05) is 19.8 Å². The topological polar surface area (TPSA) is 21.3 Å². The zero-order chi connectivity index (χ0) is 9.52. The van der Waals surface area contributed by atoms with Gasteiger partial charge in [-0.05, 0) is 31.6 Å². The Morgan fingerprint density at radius 1 is 1.38 bits per heavy atom. The van der Waals surface area contributed by atoms with Crippen molar-refractivity contribution in [3.63, 3.8) is 0 Å². The van der Waals surface area contributed by atoms with Crippen LogP contribution in [0, 0.1) is 5.92 Å². The monoisotopic (exact) mass is 185 g/mol. The number of rotatable bonds is 5. The first kappa shape index (κ1) is 11.0. The van der Waals surface area contributed by atoms with E-state index in [0.717, 1.165) is 25.7 Å². The first-order valence-electron chi connectivity index (χ1n) is 5.68. The van der Waals surface area contributed by atoms with Crippen LogP contribution in [0.2, 0.25) is 0 Å². The molecule has 0 radical (unpaired) electrons. The lowest BCUT2D eigenvalue weighted by molar-refractivity contribution is 0.0537. The molecule has 0 saturated carbocycles. The number of hydrogen-bond acceptors (Lipinski definition) is 2. The Kier molecular flexibility index (Phi) is 5.40. The Balaban J connectivity index is 2.09. The maximum Gasteiger partial charge on any atom is 0.0506 e. The summed E-state index contributed by atoms with van der Waals surface area (Å²) >= 11 is 0. The van der Waals surface area contributed by atoms with Crippen LogP contribution in [-0.4, -0.2) is 25.8 Å². The molecule has 1 unspecified atom stereocenters. The van der Waals surface area contributed by atoms with Crippen LogP contribution in [-0.2, 0) is 4.74 Å². The third-order valence-electron chi connectivity index (χ3n) is 2.94. The van der Waals surface area contributed by atoms with Crippen molar-refractivity contribution in [3.05, 3.63) is 0 Å². The van der Waals surface area contributed by atoms with E-state index in [9.17, 15) is 0 Å². The molecule has 1 rings (SSSR count). The highest BCUT2D eigenvalue weighted by atomic mass is 16.5. The van der Waals surface area contributed by atoms with Gasteiger partial charge >= 0.3 is 0 Å². The van der Waals surface area contributed by atoms with Crippen LogP contribution in [0.4, 0.5) is 0 Å². The van der Waals surface area contributed by atoms with Crippen LogP contribution < -0.4 is 5.32 Å². The van der Waals surface area contributed by atoms with Crippen LogP contribution in [0.3, 0.4) is 0 Å². The van der Waals surface area contributed by atoms with Crippen molar-refractivity contribution < 1.29 is 4.74 Å². The molecule has 1 heterocycles. The summed E-state index contributed by atoms with van der Waals surface area (Å²) in [5.74, 6) is 0.759. The predicted octanol–water partition coefficient (Wildman–Crippen LogP) is 2.19. The third-order valence-corrected chi connectivity index (χ3v) is 2.94. The summed E-state index contributed by atoms with van der Waals surface area (Å²) in [4.78, 5) is 0. The molecule has 2 nitrogen and oxygen atoms in total. The van der Waals surface area contributed by atoms with E-state index in [4.69, 9.17) is 4.74 Å². The molecule has 0 aliphatic carbocycles. The van der Waals surface area contributed by atoms with Crippen molar-refractivity contribution in [1.29, 1.82) is 0 Å².